The van der Waals surface area contributed by atoms with Crippen LogP contribution in [0, 0.1) is 0 Å². The third-order valence-electron chi connectivity index (χ3n) is 5.27. The Hall–Kier alpha value is -1.01. The normalized spacial score (nSPS) is 24.1. The van der Waals surface area contributed by atoms with E-state index in [1.807, 2.05) is 12.4 Å². The molecule has 0 amide bonds. The van der Waals surface area contributed by atoms with Gasteiger partial charge in [-0.2, -0.15) is 0 Å². The van der Waals surface area contributed by atoms with E-state index in [1.165, 1.54) is 0 Å². The zero-order chi connectivity index (χ0) is 16.7. The van der Waals surface area contributed by atoms with E-state index < -0.39 is 14.6 Å². The maximum atomic E-state index is 12.5. The van der Waals surface area contributed by atoms with Crippen LogP contribution < -0.4 is 0 Å². The zero-order valence-corrected chi connectivity index (χ0v) is 15.2. The third-order valence-corrected chi connectivity index (χ3v) is 7.92. The first-order chi connectivity index (χ1) is 10.7. The van der Waals surface area contributed by atoms with Gasteiger partial charge in [0.05, 0.1) is 10.5 Å². The molecule has 1 aliphatic heterocycles. The smallest absolute Gasteiger partial charge is 0.157 e. The Balaban J connectivity index is 1.67. The standard InChI is InChI=1S/C17H27N3O2S/c1-16(2,3)15-18-11-14(12-19-15)13-20-8-7-17(5-4-6-17)23(21,22)10-9-20/h11-12H,4-10,13H2,1-3H3. The maximum Gasteiger partial charge on any atom is 0.157 e. The van der Waals surface area contributed by atoms with Gasteiger partial charge in [0.1, 0.15) is 5.82 Å². The molecule has 2 heterocycles. The summed E-state index contributed by atoms with van der Waals surface area (Å²) >= 11 is 0. The van der Waals surface area contributed by atoms with Gasteiger partial charge >= 0.3 is 0 Å². The molecule has 1 saturated heterocycles. The molecule has 0 aromatic carbocycles. The van der Waals surface area contributed by atoms with Crippen molar-refractivity contribution in [1.29, 1.82) is 0 Å². The second kappa shape index (κ2) is 5.81. The second-order valence-electron chi connectivity index (χ2n) is 8.05. The molecule has 5 nitrogen and oxygen atoms in total. The van der Waals surface area contributed by atoms with Gasteiger partial charge in [-0.1, -0.05) is 27.2 Å². The van der Waals surface area contributed by atoms with E-state index in [0.717, 1.165) is 50.2 Å². The molecule has 6 heteroatoms. The average molecular weight is 337 g/mol. The van der Waals surface area contributed by atoms with Crippen LogP contribution in [0.3, 0.4) is 0 Å². The lowest BCUT2D eigenvalue weighted by Gasteiger charge is -2.40. The highest BCUT2D eigenvalue weighted by atomic mass is 32.2. The van der Waals surface area contributed by atoms with Crippen molar-refractivity contribution in [3.05, 3.63) is 23.8 Å². The van der Waals surface area contributed by atoms with Crippen molar-refractivity contribution >= 4 is 9.84 Å². The van der Waals surface area contributed by atoms with Crippen LogP contribution in [0.25, 0.3) is 0 Å². The number of hydrogen-bond acceptors (Lipinski definition) is 5. The molecular formula is C17H27N3O2S. The van der Waals surface area contributed by atoms with E-state index in [2.05, 4.69) is 35.6 Å². The Morgan fingerprint density at radius 2 is 1.78 bits per heavy atom. The highest BCUT2D eigenvalue weighted by Crippen LogP contribution is 2.44. The fraction of sp³-hybridized carbons (Fsp3) is 0.765. The molecule has 1 aromatic rings. The first kappa shape index (κ1) is 16.8. The van der Waals surface area contributed by atoms with E-state index in [-0.39, 0.29) is 11.2 Å². The fourth-order valence-corrected chi connectivity index (χ4v) is 5.71. The molecule has 23 heavy (non-hydrogen) atoms. The van der Waals surface area contributed by atoms with Crippen molar-refractivity contribution in [2.75, 3.05) is 18.8 Å². The van der Waals surface area contributed by atoms with Crippen molar-refractivity contribution in [3.63, 3.8) is 0 Å². The molecule has 0 bridgehead atoms. The molecule has 1 aliphatic carbocycles. The quantitative estimate of drug-likeness (QED) is 0.829. The number of sulfone groups is 1. The summed E-state index contributed by atoms with van der Waals surface area (Å²) in [5.41, 5.74) is 1.01. The van der Waals surface area contributed by atoms with Gasteiger partial charge in [-0.05, 0) is 19.3 Å². The van der Waals surface area contributed by atoms with Crippen LogP contribution in [0.1, 0.15) is 57.8 Å². The molecule has 3 rings (SSSR count). The fourth-order valence-electron chi connectivity index (χ4n) is 3.47. The maximum absolute atomic E-state index is 12.5. The van der Waals surface area contributed by atoms with Gasteiger partial charge in [-0.25, -0.2) is 18.4 Å². The van der Waals surface area contributed by atoms with Crippen LogP contribution in [-0.2, 0) is 21.8 Å². The van der Waals surface area contributed by atoms with Crippen molar-refractivity contribution in [2.45, 2.75) is 63.2 Å². The Labute approximate surface area is 139 Å². The summed E-state index contributed by atoms with van der Waals surface area (Å²) in [7, 11) is -2.95. The first-order valence-electron chi connectivity index (χ1n) is 8.48. The van der Waals surface area contributed by atoms with Gasteiger partial charge in [0.15, 0.2) is 9.84 Å². The largest absolute Gasteiger partial charge is 0.298 e. The lowest BCUT2D eigenvalue weighted by molar-refractivity contribution is 0.242. The molecular weight excluding hydrogens is 310 g/mol. The summed E-state index contributed by atoms with van der Waals surface area (Å²) < 4.78 is 24.6. The van der Waals surface area contributed by atoms with Gasteiger partial charge in [0, 0.05) is 43.0 Å². The van der Waals surface area contributed by atoms with Gasteiger partial charge in [0.25, 0.3) is 0 Å². The monoisotopic (exact) mass is 337 g/mol. The minimum Gasteiger partial charge on any atom is -0.298 e. The minimum absolute atomic E-state index is 0.0498. The Morgan fingerprint density at radius 1 is 1.13 bits per heavy atom. The number of aromatic nitrogens is 2. The van der Waals surface area contributed by atoms with Gasteiger partial charge in [-0.15, -0.1) is 0 Å². The van der Waals surface area contributed by atoms with Crippen LogP contribution in [-0.4, -0.2) is 46.9 Å². The van der Waals surface area contributed by atoms with Crippen LogP contribution in [0.15, 0.2) is 12.4 Å². The molecule has 0 radical (unpaired) electrons. The summed E-state index contributed by atoms with van der Waals surface area (Å²) in [6.45, 7) is 8.49. The molecule has 0 atom stereocenters. The van der Waals surface area contributed by atoms with Crippen molar-refractivity contribution < 1.29 is 8.42 Å². The third kappa shape index (κ3) is 3.29. The van der Waals surface area contributed by atoms with Crippen LogP contribution in [0.4, 0.5) is 0 Å². The molecule has 2 fully saturated rings. The topological polar surface area (TPSA) is 63.2 Å². The van der Waals surface area contributed by atoms with E-state index in [1.54, 1.807) is 0 Å². The van der Waals surface area contributed by atoms with Crippen molar-refractivity contribution in [3.8, 4) is 0 Å². The van der Waals surface area contributed by atoms with Crippen LogP contribution in [0.2, 0.25) is 0 Å². The van der Waals surface area contributed by atoms with Crippen molar-refractivity contribution in [2.24, 2.45) is 0 Å². The molecule has 1 aromatic heterocycles. The molecule has 2 aliphatic rings. The number of nitrogens with zero attached hydrogens (tertiary/aromatic N) is 3. The first-order valence-corrected chi connectivity index (χ1v) is 10.1. The Morgan fingerprint density at radius 3 is 2.30 bits per heavy atom. The average Bonchev–Trinajstić information content (AvgIpc) is 2.55. The number of hydrogen-bond donors (Lipinski definition) is 0. The summed E-state index contributed by atoms with van der Waals surface area (Å²) in [6.07, 6.45) is 7.30. The number of rotatable bonds is 2. The summed E-state index contributed by atoms with van der Waals surface area (Å²) in [6, 6.07) is 0. The minimum atomic E-state index is -2.95. The summed E-state index contributed by atoms with van der Waals surface area (Å²) in [5, 5.41) is 0. The predicted octanol–water partition coefficient (Wildman–Crippen LogP) is 2.32. The van der Waals surface area contributed by atoms with E-state index in [0.29, 0.717) is 6.54 Å². The molecule has 1 saturated carbocycles. The van der Waals surface area contributed by atoms with Gasteiger partial charge in [-0.3, -0.25) is 4.90 Å². The Bertz CT molecular complexity index is 658. The summed E-state index contributed by atoms with van der Waals surface area (Å²) in [4.78, 5) is 11.2. The lowest BCUT2D eigenvalue weighted by Crippen LogP contribution is -2.46. The lowest BCUT2D eigenvalue weighted by atomic mass is 9.81. The molecule has 1 spiro atoms. The summed E-state index contributed by atoms with van der Waals surface area (Å²) in [5.74, 6) is 1.13. The molecule has 0 unspecified atom stereocenters. The second-order valence-corrected chi connectivity index (χ2v) is 10.6. The highest BCUT2D eigenvalue weighted by molar-refractivity contribution is 7.92. The van der Waals surface area contributed by atoms with Crippen LogP contribution in [0.5, 0.6) is 0 Å². The van der Waals surface area contributed by atoms with E-state index in [9.17, 15) is 8.42 Å². The predicted molar refractivity (Wildman–Crippen MR) is 91.0 cm³/mol. The van der Waals surface area contributed by atoms with Gasteiger partial charge < -0.3 is 0 Å². The van der Waals surface area contributed by atoms with Crippen molar-refractivity contribution in [1.82, 2.24) is 14.9 Å². The van der Waals surface area contributed by atoms with Crippen LogP contribution >= 0.6 is 0 Å². The van der Waals surface area contributed by atoms with Gasteiger partial charge in [0.2, 0.25) is 0 Å². The zero-order valence-electron chi connectivity index (χ0n) is 14.4. The van der Waals surface area contributed by atoms with E-state index >= 15 is 0 Å². The molecule has 0 N–H and O–H groups in total. The Kier molecular flexibility index (Phi) is 4.25. The molecule has 128 valence electrons. The SMILES string of the molecule is CC(C)(C)c1ncc(CN2CCC3(CCC3)S(=O)(=O)CC2)cn1. The van der Waals surface area contributed by atoms with E-state index in [4.69, 9.17) is 0 Å². The highest BCUT2D eigenvalue weighted by Gasteiger charge is 2.49.